The summed E-state index contributed by atoms with van der Waals surface area (Å²) < 4.78 is 11.0. The summed E-state index contributed by atoms with van der Waals surface area (Å²) in [5.74, 6) is -0.521. The van der Waals surface area contributed by atoms with Crippen LogP contribution < -0.4 is 9.47 Å². The second kappa shape index (κ2) is 11.0. The Kier molecular flexibility index (Phi) is 8.43. The maximum Gasteiger partial charge on any atom is 0.328 e. The fraction of sp³-hybridized carbons (Fsp3) is 0.304. The van der Waals surface area contributed by atoms with Crippen LogP contribution in [0.5, 0.6) is 11.5 Å². The molecule has 0 spiro atoms. The van der Waals surface area contributed by atoms with Crippen LogP contribution in [-0.2, 0) is 16.0 Å². The normalized spacial score (nSPS) is 16.0. The number of fused-ring (bicyclic) bond motifs is 1. The maximum atomic E-state index is 9.55. The van der Waals surface area contributed by atoms with Crippen LogP contribution in [0.15, 0.2) is 54.6 Å². The smallest absolute Gasteiger partial charge is 0.328 e. The minimum Gasteiger partial charge on any atom is -0.493 e. The summed E-state index contributed by atoms with van der Waals surface area (Å²) in [6.07, 6.45) is 2.15. The predicted molar refractivity (Wildman–Crippen MR) is 113 cm³/mol. The van der Waals surface area contributed by atoms with Gasteiger partial charge in [-0.05, 0) is 42.3 Å². The van der Waals surface area contributed by atoms with Crippen molar-refractivity contribution in [1.29, 1.82) is 0 Å². The number of rotatable bonds is 5. The van der Waals surface area contributed by atoms with Crippen LogP contribution in [0.4, 0.5) is 0 Å². The fourth-order valence-corrected chi connectivity index (χ4v) is 3.40. The van der Waals surface area contributed by atoms with Crippen molar-refractivity contribution in [1.82, 2.24) is 4.90 Å². The van der Waals surface area contributed by atoms with E-state index in [1.165, 1.54) is 16.7 Å². The minimum absolute atomic E-state index is 0.364. The Balaban J connectivity index is 0.000000343. The zero-order valence-corrected chi connectivity index (χ0v) is 17.4. The van der Waals surface area contributed by atoms with Crippen LogP contribution in [0.25, 0.3) is 0 Å². The number of nitrogens with zero attached hydrogens (tertiary/aromatic N) is 1. The van der Waals surface area contributed by atoms with Crippen LogP contribution in [0.3, 0.4) is 0 Å². The fourth-order valence-electron chi connectivity index (χ4n) is 3.40. The number of carboxylic acids is 2. The van der Waals surface area contributed by atoms with Crippen LogP contribution in [0.2, 0.25) is 0 Å². The van der Waals surface area contributed by atoms with E-state index in [0.717, 1.165) is 31.0 Å². The summed E-state index contributed by atoms with van der Waals surface area (Å²) in [7, 11) is 5.59. The summed E-state index contributed by atoms with van der Waals surface area (Å²) in [5.41, 5.74) is 4.06. The molecule has 1 aliphatic rings. The molecule has 0 bridgehead atoms. The molecule has 3 rings (SSSR count). The van der Waals surface area contributed by atoms with Gasteiger partial charge in [-0.1, -0.05) is 30.3 Å². The van der Waals surface area contributed by atoms with Crippen LogP contribution in [0.1, 0.15) is 22.6 Å². The van der Waals surface area contributed by atoms with Gasteiger partial charge in [0.25, 0.3) is 0 Å². The Morgan fingerprint density at radius 2 is 1.57 bits per heavy atom. The molecule has 2 aromatic rings. The van der Waals surface area contributed by atoms with Gasteiger partial charge in [0.05, 0.1) is 14.2 Å². The molecule has 0 radical (unpaired) electrons. The lowest BCUT2D eigenvalue weighted by atomic mass is 9.87. The van der Waals surface area contributed by atoms with Crippen LogP contribution >= 0.6 is 0 Å². The highest BCUT2D eigenvalue weighted by Crippen LogP contribution is 2.38. The molecule has 0 aromatic heterocycles. The first-order valence-electron chi connectivity index (χ1n) is 9.48. The minimum atomic E-state index is -1.26. The molecule has 0 unspecified atom stereocenters. The highest BCUT2D eigenvalue weighted by Gasteiger charge is 2.24. The molecular formula is C23H27NO6. The molecule has 0 fully saturated rings. The number of ether oxygens (including phenoxy) is 2. The Hall–Kier alpha value is -3.32. The second-order valence-electron chi connectivity index (χ2n) is 6.89. The summed E-state index contributed by atoms with van der Waals surface area (Å²) in [5, 5.41) is 15.6. The molecule has 2 N–H and O–H groups in total. The summed E-state index contributed by atoms with van der Waals surface area (Å²) >= 11 is 0. The zero-order valence-electron chi connectivity index (χ0n) is 17.4. The van der Waals surface area contributed by atoms with Gasteiger partial charge in [0.2, 0.25) is 0 Å². The largest absolute Gasteiger partial charge is 0.493 e. The van der Waals surface area contributed by atoms with Gasteiger partial charge in [-0.15, -0.1) is 0 Å². The van der Waals surface area contributed by atoms with Gasteiger partial charge in [0.1, 0.15) is 0 Å². The number of aliphatic carboxylic acids is 2. The number of methoxy groups -OCH3 is 2. The van der Waals surface area contributed by atoms with Gasteiger partial charge in [0, 0.05) is 31.2 Å². The van der Waals surface area contributed by atoms with E-state index in [1.807, 2.05) is 0 Å². The van der Waals surface area contributed by atoms with Gasteiger partial charge in [-0.2, -0.15) is 0 Å². The SMILES string of the molecule is COc1cc2c(cc1OC)[C@@H](c1ccccc1)CN(C)CC2.O=C(O)/C=C\C(=O)O. The number of hydrogen-bond acceptors (Lipinski definition) is 5. The van der Waals surface area contributed by atoms with Crippen LogP contribution in [-0.4, -0.2) is 61.4 Å². The molecule has 1 heterocycles. The third-order valence-corrected chi connectivity index (χ3v) is 4.85. The molecule has 0 amide bonds. The summed E-state index contributed by atoms with van der Waals surface area (Å²) in [6, 6.07) is 15.0. The van der Waals surface area contributed by atoms with E-state index in [2.05, 4.69) is 54.4 Å². The number of benzene rings is 2. The zero-order chi connectivity index (χ0) is 22.1. The van der Waals surface area contributed by atoms with Gasteiger partial charge in [-0.25, -0.2) is 9.59 Å². The molecule has 0 saturated carbocycles. The van der Waals surface area contributed by atoms with E-state index < -0.39 is 11.9 Å². The molecule has 1 aliphatic heterocycles. The highest BCUT2D eigenvalue weighted by atomic mass is 16.5. The van der Waals surface area contributed by atoms with Gasteiger partial charge < -0.3 is 24.6 Å². The van der Waals surface area contributed by atoms with E-state index >= 15 is 0 Å². The number of carbonyl (C=O) groups is 2. The van der Waals surface area contributed by atoms with E-state index in [4.69, 9.17) is 19.7 Å². The standard InChI is InChI=1S/C19H23NO2.C4H4O4/c1-20-10-9-15-11-18(21-2)19(22-3)12-16(15)17(13-20)14-7-5-4-6-8-14;5-3(6)1-2-4(7)8/h4-8,11-12,17H,9-10,13H2,1-3H3;1-2H,(H,5,6)(H,7,8)/b;2-1-/t17-;/m1./s1. The predicted octanol–water partition coefficient (Wildman–Crippen LogP) is 3.04. The van der Waals surface area contributed by atoms with E-state index in [1.54, 1.807) is 14.2 Å². The second-order valence-corrected chi connectivity index (χ2v) is 6.89. The Morgan fingerprint density at radius 3 is 2.10 bits per heavy atom. The van der Waals surface area contributed by atoms with Gasteiger partial charge >= 0.3 is 11.9 Å². The quantitative estimate of drug-likeness (QED) is 0.728. The maximum absolute atomic E-state index is 9.55. The highest BCUT2D eigenvalue weighted by molar-refractivity contribution is 5.89. The molecule has 160 valence electrons. The van der Waals surface area contributed by atoms with Crippen molar-refractivity contribution in [2.45, 2.75) is 12.3 Å². The molecule has 1 atom stereocenters. The molecule has 2 aromatic carbocycles. The van der Waals surface area contributed by atoms with Gasteiger partial charge in [0.15, 0.2) is 11.5 Å². The lowest BCUT2D eigenvalue weighted by molar-refractivity contribution is -0.134. The van der Waals surface area contributed by atoms with Crippen molar-refractivity contribution >= 4 is 11.9 Å². The summed E-state index contributed by atoms with van der Waals surface area (Å²) in [6.45, 7) is 2.08. The first-order chi connectivity index (χ1) is 14.3. The van der Waals surface area contributed by atoms with Crippen molar-refractivity contribution in [3.8, 4) is 11.5 Å². The lowest BCUT2D eigenvalue weighted by Gasteiger charge is -2.23. The lowest BCUT2D eigenvalue weighted by Crippen LogP contribution is -2.24. The molecular weight excluding hydrogens is 386 g/mol. The van der Waals surface area contributed by atoms with E-state index in [9.17, 15) is 9.59 Å². The third kappa shape index (κ3) is 6.35. The first kappa shape index (κ1) is 23.0. The Morgan fingerprint density at radius 1 is 1.00 bits per heavy atom. The Labute approximate surface area is 176 Å². The molecule has 0 aliphatic carbocycles. The van der Waals surface area contributed by atoms with Crippen molar-refractivity contribution in [2.24, 2.45) is 0 Å². The van der Waals surface area contributed by atoms with Crippen molar-refractivity contribution < 1.29 is 29.3 Å². The molecule has 0 saturated heterocycles. The monoisotopic (exact) mass is 413 g/mol. The van der Waals surface area contributed by atoms with Crippen molar-refractivity contribution in [2.75, 3.05) is 34.4 Å². The van der Waals surface area contributed by atoms with E-state index in [0.29, 0.717) is 18.1 Å². The first-order valence-corrected chi connectivity index (χ1v) is 9.48. The third-order valence-electron chi connectivity index (χ3n) is 4.85. The van der Waals surface area contributed by atoms with Crippen LogP contribution in [0, 0.1) is 0 Å². The average Bonchev–Trinajstić information content (AvgIpc) is 2.90. The number of carboxylic acid groups (broad SMARTS) is 2. The number of hydrogen-bond donors (Lipinski definition) is 2. The molecule has 7 nitrogen and oxygen atoms in total. The topological polar surface area (TPSA) is 96.3 Å². The summed E-state index contributed by atoms with van der Waals surface area (Å²) in [4.78, 5) is 21.5. The van der Waals surface area contributed by atoms with Crippen molar-refractivity contribution in [3.05, 3.63) is 71.3 Å². The van der Waals surface area contributed by atoms with Gasteiger partial charge in [-0.3, -0.25) is 0 Å². The van der Waals surface area contributed by atoms with E-state index in [-0.39, 0.29) is 0 Å². The average molecular weight is 413 g/mol. The van der Waals surface area contributed by atoms with Crippen molar-refractivity contribution in [3.63, 3.8) is 0 Å². The molecule has 30 heavy (non-hydrogen) atoms. The Bertz CT molecular complexity index is 878. The number of likely N-dealkylation sites (N-methyl/N-ethyl adjacent to an activating group) is 1. The molecule has 7 heteroatoms.